The van der Waals surface area contributed by atoms with E-state index in [9.17, 15) is 9.59 Å². The molecule has 2 heterocycles. The summed E-state index contributed by atoms with van der Waals surface area (Å²) in [6.07, 6.45) is 7.34. The van der Waals surface area contributed by atoms with Gasteiger partial charge in [0.15, 0.2) is 0 Å². The SMILES string of the molecule is C#CCNC(=O)c1ccc(N2CCC(C)(C(=O)OCC)C2)nc1. The van der Waals surface area contributed by atoms with Crippen molar-refractivity contribution in [2.24, 2.45) is 5.41 Å². The molecule has 1 fully saturated rings. The number of esters is 1. The molecule has 6 heteroatoms. The third-order valence-electron chi connectivity index (χ3n) is 3.93. The van der Waals surface area contributed by atoms with Gasteiger partial charge in [0.1, 0.15) is 5.82 Å². The maximum atomic E-state index is 12.0. The Kier molecular flexibility index (Phi) is 5.22. The summed E-state index contributed by atoms with van der Waals surface area (Å²) in [5.74, 6) is 2.67. The average Bonchev–Trinajstić information content (AvgIpc) is 2.97. The number of amides is 1. The van der Waals surface area contributed by atoms with Crippen LogP contribution in [0.5, 0.6) is 0 Å². The van der Waals surface area contributed by atoms with Crippen molar-refractivity contribution >= 4 is 17.7 Å². The van der Waals surface area contributed by atoms with Crippen LogP contribution in [0.15, 0.2) is 18.3 Å². The van der Waals surface area contributed by atoms with Crippen LogP contribution in [0.1, 0.15) is 30.6 Å². The minimum atomic E-state index is -0.513. The molecule has 1 N–H and O–H groups in total. The molecule has 2 rings (SSSR count). The minimum absolute atomic E-state index is 0.173. The van der Waals surface area contributed by atoms with Crippen LogP contribution in [0, 0.1) is 17.8 Å². The molecule has 1 aliphatic heterocycles. The third-order valence-corrected chi connectivity index (χ3v) is 3.93. The molecule has 0 radical (unpaired) electrons. The Hall–Kier alpha value is -2.55. The molecule has 0 spiro atoms. The van der Waals surface area contributed by atoms with Crippen LogP contribution in [0.4, 0.5) is 5.82 Å². The lowest BCUT2D eigenvalue weighted by Gasteiger charge is -2.23. The summed E-state index contributed by atoms with van der Waals surface area (Å²) in [6, 6.07) is 3.48. The molecular weight excluding hydrogens is 294 g/mol. The Morgan fingerprint density at radius 3 is 2.91 bits per heavy atom. The maximum Gasteiger partial charge on any atom is 0.313 e. The monoisotopic (exact) mass is 315 g/mol. The Labute approximate surface area is 136 Å². The van der Waals surface area contributed by atoms with E-state index in [0.29, 0.717) is 18.7 Å². The first kappa shape index (κ1) is 16.8. The molecule has 0 aromatic carbocycles. The third kappa shape index (κ3) is 3.81. The molecule has 0 bridgehead atoms. The number of carbonyl (C=O) groups is 2. The summed E-state index contributed by atoms with van der Waals surface area (Å²) in [7, 11) is 0. The van der Waals surface area contributed by atoms with E-state index >= 15 is 0 Å². The summed E-state index contributed by atoms with van der Waals surface area (Å²) >= 11 is 0. The topological polar surface area (TPSA) is 71.5 Å². The normalized spacial score (nSPS) is 20.0. The van der Waals surface area contributed by atoms with E-state index in [-0.39, 0.29) is 18.4 Å². The predicted molar refractivity (Wildman–Crippen MR) is 87.0 cm³/mol. The number of ether oxygens (including phenoxy) is 1. The lowest BCUT2D eigenvalue weighted by molar-refractivity contribution is -0.153. The molecule has 1 atom stereocenters. The molecule has 1 unspecified atom stereocenters. The highest BCUT2D eigenvalue weighted by Crippen LogP contribution is 2.33. The number of terminal acetylenes is 1. The highest BCUT2D eigenvalue weighted by molar-refractivity contribution is 5.94. The highest BCUT2D eigenvalue weighted by Gasteiger charge is 2.42. The van der Waals surface area contributed by atoms with Gasteiger partial charge < -0.3 is 15.0 Å². The molecule has 1 aromatic heterocycles. The van der Waals surface area contributed by atoms with E-state index in [1.807, 2.05) is 11.8 Å². The molecule has 1 aliphatic rings. The number of rotatable bonds is 5. The van der Waals surface area contributed by atoms with E-state index in [1.165, 1.54) is 6.20 Å². The van der Waals surface area contributed by atoms with Crippen LogP contribution in [-0.2, 0) is 9.53 Å². The summed E-state index contributed by atoms with van der Waals surface area (Å²) in [6.45, 7) is 5.57. The van der Waals surface area contributed by atoms with Gasteiger partial charge in [-0.05, 0) is 32.4 Å². The van der Waals surface area contributed by atoms with Gasteiger partial charge in [0, 0.05) is 19.3 Å². The largest absolute Gasteiger partial charge is 0.466 e. The molecular formula is C17H21N3O3. The van der Waals surface area contributed by atoms with Crippen LogP contribution in [0.2, 0.25) is 0 Å². The Morgan fingerprint density at radius 1 is 1.52 bits per heavy atom. The second kappa shape index (κ2) is 7.14. The van der Waals surface area contributed by atoms with E-state index in [2.05, 4.69) is 16.2 Å². The molecule has 23 heavy (non-hydrogen) atoms. The Balaban J connectivity index is 2.02. The fraction of sp³-hybridized carbons (Fsp3) is 0.471. The Bertz CT molecular complexity index is 621. The minimum Gasteiger partial charge on any atom is -0.466 e. The smallest absolute Gasteiger partial charge is 0.313 e. The van der Waals surface area contributed by atoms with Gasteiger partial charge in [0.05, 0.1) is 24.1 Å². The van der Waals surface area contributed by atoms with E-state index in [1.54, 1.807) is 19.1 Å². The number of nitrogens with zero attached hydrogens (tertiary/aromatic N) is 2. The zero-order valence-electron chi connectivity index (χ0n) is 13.5. The van der Waals surface area contributed by atoms with Crippen molar-refractivity contribution in [1.82, 2.24) is 10.3 Å². The van der Waals surface area contributed by atoms with E-state index in [0.717, 1.165) is 18.8 Å². The van der Waals surface area contributed by atoms with Crippen molar-refractivity contribution in [3.05, 3.63) is 23.9 Å². The van der Waals surface area contributed by atoms with Gasteiger partial charge >= 0.3 is 5.97 Å². The number of aromatic nitrogens is 1. The van der Waals surface area contributed by atoms with Crippen LogP contribution in [-0.4, -0.2) is 43.1 Å². The molecule has 0 saturated carbocycles. The average molecular weight is 315 g/mol. The summed E-state index contributed by atoms with van der Waals surface area (Å²) < 4.78 is 5.15. The lowest BCUT2D eigenvalue weighted by atomic mass is 9.90. The first-order valence-electron chi connectivity index (χ1n) is 7.60. The van der Waals surface area contributed by atoms with Crippen LogP contribution >= 0.6 is 0 Å². The van der Waals surface area contributed by atoms with Crippen LogP contribution in [0.3, 0.4) is 0 Å². The molecule has 122 valence electrons. The number of pyridine rings is 1. The van der Waals surface area contributed by atoms with E-state index < -0.39 is 5.41 Å². The van der Waals surface area contributed by atoms with Crippen molar-refractivity contribution in [1.29, 1.82) is 0 Å². The molecule has 1 saturated heterocycles. The molecule has 1 aromatic rings. The second-order valence-electron chi connectivity index (χ2n) is 5.74. The molecule has 6 nitrogen and oxygen atoms in total. The maximum absolute atomic E-state index is 12.0. The Morgan fingerprint density at radius 2 is 2.30 bits per heavy atom. The number of nitrogens with one attached hydrogen (secondary N) is 1. The fourth-order valence-electron chi connectivity index (χ4n) is 2.57. The van der Waals surface area contributed by atoms with Crippen LogP contribution in [0.25, 0.3) is 0 Å². The summed E-state index contributed by atoms with van der Waals surface area (Å²) in [5, 5.41) is 2.59. The lowest BCUT2D eigenvalue weighted by Crippen LogP contribution is -2.33. The van der Waals surface area contributed by atoms with Crippen molar-refractivity contribution in [2.75, 3.05) is 31.1 Å². The number of hydrogen-bond donors (Lipinski definition) is 1. The van der Waals surface area contributed by atoms with Crippen molar-refractivity contribution < 1.29 is 14.3 Å². The van der Waals surface area contributed by atoms with Crippen molar-refractivity contribution in [2.45, 2.75) is 20.3 Å². The van der Waals surface area contributed by atoms with Gasteiger partial charge in [0.2, 0.25) is 0 Å². The van der Waals surface area contributed by atoms with Gasteiger partial charge in [-0.25, -0.2) is 4.98 Å². The number of carbonyl (C=O) groups excluding carboxylic acids is 2. The quantitative estimate of drug-likeness (QED) is 0.653. The van der Waals surface area contributed by atoms with Crippen LogP contribution < -0.4 is 10.2 Å². The highest BCUT2D eigenvalue weighted by atomic mass is 16.5. The van der Waals surface area contributed by atoms with Gasteiger partial charge in [-0.1, -0.05) is 5.92 Å². The fourth-order valence-corrected chi connectivity index (χ4v) is 2.57. The van der Waals surface area contributed by atoms with Gasteiger partial charge in [-0.3, -0.25) is 9.59 Å². The molecule has 1 amide bonds. The summed E-state index contributed by atoms with van der Waals surface area (Å²) in [5.41, 5.74) is -0.0584. The van der Waals surface area contributed by atoms with Crippen molar-refractivity contribution in [3.8, 4) is 12.3 Å². The standard InChI is InChI=1S/C17H21N3O3/c1-4-9-18-15(21)13-6-7-14(19-11-13)20-10-8-17(3,12-20)16(22)23-5-2/h1,6-7,11H,5,8-10,12H2,2-3H3,(H,18,21). The van der Waals surface area contributed by atoms with Gasteiger partial charge in [-0.15, -0.1) is 6.42 Å². The van der Waals surface area contributed by atoms with Gasteiger partial charge in [-0.2, -0.15) is 0 Å². The number of hydrogen-bond acceptors (Lipinski definition) is 5. The molecule has 0 aliphatic carbocycles. The van der Waals surface area contributed by atoms with Crippen molar-refractivity contribution in [3.63, 3.8) is 0 Å². The predicted octanol–water partition coefficient (Wildman–Crippen LogP) is 1.22. The first-order chi connectivity index (χ1) is 11.0. The van der Waals surface area contributed by atoms with Gasteiger partial charge in [0.25, 0.3) is 5.91 Å². The second-order valence-corrected chi connectivity index (χ2v) is 5.74. The van der Waals surface area contributed by atoms with E-state index in [4.69, 9.17) is 11.2 Å². The zero-order valence-corrected chi connectivity index (χ0v) is 13.5. The number of anilines is 1. The zero-order chi connectivity index (χ0) is 16.9. The first-order valence-corrected chi connectivity index (χ1v) is 7.60. The summed E-state index contributed by atoms with van der Waals surface area (Å²) in [4.78, 5) is 30.2.